The first kappa shape index (κ1) is 9.73. The maximum atomic E-state index is 5.24. The molecule has 2 rings (SSSR count). The number of fused-ring (bicyclic) bond motifs is 1. The van der Waals surface area contributed by atoms with Crippen LogP contribution in [-0.2, 0) is 6.54 Å². The van der Waals surface area contributed by atoms with Gasteiger partial charge in [-0.3, -0.25) is 4.98 Å². The Morgan fingerprint density at radius 1 is 1.64 bits per heavy atom. The van der Waals surface area contributed by atoms with Gasteiger partial charge in [-0.2, -0.15) is 11.8 Å². The molecule has 0 aliphatic heterocycles. The lowest BCUT2D eigenvalue weighted by atomic mass is 10.4. The van der Waals surface area contributed by atoms with Gasteiger partial charge in [-0.15, -0.1) is 0 Å². The van der Waals surface area contributed by atoms with Gasteiger partial charge >= 0.3 is 0 Å². The van der Waals surface area contributed by atoms with Gasteiger partial charge in [-0.1, -0.05) is 0 Å². The van der Waals surface area contributed by atoms with Crippen LogP contribution in [0.15, 0.2) is 18.5 Å². The molecule has 0 aliphatic carbocycles. The minimum Gasteiger partial charge on any atom is -0.329 e. The molecule has 2 aromatic rings. The van der Waals surface area contributed by atoms with Crippen LogP contribution in [0.4, 0.5) is 0 Å². The maximum Gasteiger partial charge on any atom is 0.178 e. The fourth-order valence-corrected chi connectivity index (χ4v) is 2.08. The first-order valence-electron chi connectivity index (χ1n) is 4.34. The number of pyridine rings is 1. The smallest absolute Gasteiger partial charge is 0.178 e. The summed E-state index contributed by atoms with van der Waals surface area (Å²) in [5.41, 5.74) is 2.15. The van der Waals surface area contributed by atoms with Gasteiger partial charge in [0.15, 0.2) is 4.77 Å². The molecule has 0 saturated carbocycles. The van der Waals surface area contributed by atoms with E-state index < -0.39 is 0 Å². The van der Waals surface area contributed by atoms with Gasteiger partial charge in [0.05, 0.1) is 17.2 Å². The van der Waals surface area contributed by atoms with E-state index in [9.17, 15) is 0 Å². The van der Waals surface area contributed by atoms with Crippen molar-refractivity contribution in [1.29, 1.82) is 0 Å². The van der Waals surface area contributed by atoms with E-state index in [-0.39, 0.29) is 0 Å². The van der Waals surface area contributed by atoms with Crippen molar-refractivity contribution in [3.05, 3.63) is 23.2 Å². The molecule has 5 heteroatoms. The highest BCUT2D eigenvalue weighted by molar-refractivity contribution is 7.98. The molecule has 3 nitrogen and oxygen atoms in total. The van der Waals surface area contributed by atoms with Gasteiger partial charge in [0.25, 0.3) is 0 Å². The minimum atomic E-state index is 0.780. The quantitative estimate of drug-likeness (QED) is 0.815. The van der Waals surface area contributed by atoms with Crippen LogP contribution in [0.3, 0.4) is 0 Å². The van der Waals surface area contributed by atoms with E-state index in [1.807, 2.05) is 17.8 Å². The van der Waals surface area contributed by atoms with Crippen molar-refractivity contribution in [2.45, 2.75) is 6.54 Å². The van der Waals surface area contributed by atoms with E-state index in [0.717, 1.165) is 28.1 Å². The van der Waals surface area contributed by atoms with Crippen LogP contribution in [0.1, 0.15) is 0 Å². The zero-order valence-electron chi connectivity index (χ0n) is 7.86. The Hall–Kier alpha value is -0.810. The molecule has 0 aromatic carbocycles. The van der Waals surface area contributed by atoms with Crippen molar-refractivity contribution in [1.82, 2.24) is 14.5 Å². The predicted molar refractivity (Wildman–Crippen MR) is 63.3 cm³/mol. The normalized spacial score (nSPS) is 10.9. The van der Waals surface area contributed by atoms with E-state index in [4.69, 9.17) is 12.2 Å². The number of aryl methyl sites for hydroxylation is 1. The molecule has 14 heavy (non-hydrogen) atoms. The summed E-state index contributed by atoms with van der Waals surface area (Å²) in [6.07, 6.45) is 5.70. The second-order valence-corrected chi connectivity index (χ2v) is 4.34. The van der Waals surface area contributed by atoms with Gasteiger partial charge in [-0.25, -0.2) is 0 Å². The Bertz CT molecular complexity index is 486. The molecule has 0 spiro atoms. The van der Waals surface area contributed by atoms with E-state index in [1.54, 1.807) is 12.4 Å². The van der Waals surface area contributed by atoms with Crippen molar-refractivity contribution in [3.8, 4) is 0 Å². The van der Waals surface area contributed by atoms with Crippen LogP contribution >= 0.6 is 24.0 Å². The average Bonchev–Trinajstić information content (AvgIpc) is 2.51. The van der Waals surface area contributed by atoms with Gasteiger partial charge in [0, 0.05) is 18.5 Å². The molecule has 0 bridgehead atoms. The third-order valence-electron chi connectivity index (χ3n) is 2.09. The number of hydrogen-bond acceptors (Lipinski definition) is 3. The zero-order chi connectivity index (χ0) is 9.97. The molecule has 0 aliphatic rings. The molecule has 0 fully saturated rings. The largest absolute Gasteiger partial charge is 0.329 e. The topological polar surface area (TPSA) is 33.6 Å². The van der Waals surface area contributed by atoms with Crippen molar-refractivity contribution in [2.24, 2.45) is 0 Å². The Balaban J connectivity index is 2.51. The summed E-state index contributed by atoms with van der Waals surface area (Å²) in [6, 6.07) is 1.99. The Morgan fingerprint density at radius 3 is 3.29 bits per heavy atom. The summed E-state index contributed by atoms with van der Waals surface area (Å²) in [6.45, 7) is 0.948. The van der Waals surface area contributed by atoms with Crippen LogP contribution in [0.25, 0.3) is 11.0 Å². The number of imidazole rings is 1. The first-order valence-corrected chi connectivity index (χ1v) is 6.14. The van der Waals surface area contributed by atoms with Crippen LogP contribution in [0.5, 0.6) is 0 Å². The Labute approximate surface area is 91.5 Å². The Kier molecular flexibility index (Phi) is 2.88. The molecular weight excluding hydrogens is 214 g/mol. The lowest BCUT2D eigenvalue weighted by molar-refractivity contribution is 0.784. The molecule has 0 saturated heterocycles. The number of hydrogen-bond donors (Lipinski definition) is 1. The number of aromatic nitrogens is 3. The van der Waals surface area contributed by atoms with Crippen molar-refractivity contribution in [2.75, 3.05) is 12.0 Å². The monoisotopic (exact) mass is 225 g/mol. The lowest BCUT2D eigenvalue weighted by Gasteiger charge is -2.01. The van der Waals surface area contributed by atoms with Crippen molar-refractivity contribution < 1.29 is 0 Å². The summed E-state index contributed by atoms with van der Waals surface area (Å²) in [4.78, 5) is 7.19. The van der Waals surface area contributed by atoms with Crippen molar-refractivity contribution in [3.63, 3.8) is 0 Å². The molecule has 2 heterocycles. The molecular formula is C9H11N3S2. The van der Waals surface area contributed by atoms with Crippen molar-refractivity contribution >= 4 is 35.0 Å². The summed E-state index contributed by atoms with van der Waals surface area (Å²) in [5.74, 6) is 1.07. The van der Waals surface area contributed by atoms with Crippen LogP contribution in [0, 0.1) is 4.77 Å². The Morgan fingerprint density at radius 2 is 2.50 bits per heavy atom. The standard InChI is InChI=1S/C9H11N3S2/c1-14-5-4-12-8-2-3-10-6-7(8)11-9(12)13/h2-3,6H,4-5H2,1H3,(H,11,13). The lowest BCUT2D eigenvalue weighted by Crippen LogP contribution is -1.99. The third-order valence-corrected chi connectivity index (χ3v) is 3.01. The summed E-state index contributed by atoms with van der Waals surface area (Å²) >= 11 is 7.06. The highest BCUT2D eigenvalue weighted by atomic mass is 32.2. The van der Waals surface area contributed by atoms with Crippen LogP contribution < -0.4 is 0 Å². The molecule has 2 aromatic heterocycles. The third kappa shape index (κ3) is 1.69. The number of nitrogens with one attached hydrogen (secondary N) is 1. The highest BCUT2D eigenvalue weighted by Gasteiger charge is 2.02. The number of aromatic amines is 1. The van der Waals surface area contributed by atoms with Crippen LogP contribution in [-0.4, -0.2) is 26.5 Å². The molecule has 1 N–H and O–H groups in total. The average molecular weight is 225 g/mol. The number of H-pyrrole nitrogens is 1. The second-order valence-electron chi connectivity index (χ2n) is 2.97. The predicted octanol–water partition coefficient (Wildman–Crippen LogP) is 2.46. The summed E-state index contributed by atoms with van der Waals surface area (Å²) in [5, 5.41) is 0. The number of thioether (sulfide) groups is 1. The second kappa shape index (κ2) is 4.14. The van der Waals surface area contributed by atoms with E-state index in [1.165, 1.54) is 0 Å². The first-order chi connectivity index (χ1) is 6.83. The summed E-state index contributed by atoms with van der Waals surface area (Å²) in [7, 11) is 0. The molecule has 74 valence electrons. The van der Waals surface area contributed by atoms with Gasteiger partial charge in [0.2, 0.25) is 0 Å². The molecule has 0 atom stereocenters. The fourth-order valence-electron chi connectivity index (χ4n) is 1.42. The van der Waals surface area contributed by atoms with E-state index >= 15 is 0 Å². The fraction of sp³-hybridized carbons (Fsp3) is 0.333. The minimum absolute atomic E-state index is 0.780. The number of nitrogens with zero attached hydrogens (tertiary/aromatic N) is 2. The SMILES string of the molecule is CSCCn1c(=S)[nH]c2cnccc21. The molecule has 0 radical (unpaired) electrons. The highest BCUT2D eigenvalue weighted by Crippen LogP contribution is 2.12. The zero-order valence-corrected chi connectivity index (χ0v) is 9.49. The molecule has 0 amide bonds. The van der Waals surface area contributed by atoms with E-state index in [0.29, 0.717) is 0 Å². The van der Waals surface area contributed by atoms with Crippen LogP contribution in [0.2, 0.25) is 0 Å². The maximum absolute atomic E-state index is 5.24. The summed E-state index contributed by atoms with van der Waals surface area (Å²) < 4.78 is 2.89. The number of rotatable bonds is 3. The van der Waals surface area contributed by atoms with E-state index in [2.05, 4.69) is 20.8 Å². The van der Waals surface area contributed by atoms with Gasteiger partial charge in [-0.05, 0) is 24.5 Å². The van der Waals surface area contributed by atoms with Gasteiger partial charge < -0.3 is 9.55 Å². The van der Waals surface area contributed by atoms with Gasteiger partial charge in [0.1, 0.15) is 0 Å². The molecule has 0 unspecified atom stereocenters.